The quantitative estimate of drug-likeness (QED) is 0.490. The summed E-state index contributed by atoms with van der Waals surface area (Å²) in [6, 6.07) is 14.2. The summed E-state index contributed by atoms with van der Waals surface area (Å²) < 4.78 is 2.06. The first-order chi connectivity index (χ1) is 16.1. The highest BCUT2D eigenvalue weighted by atomic mass is 16.1. The first-order valence-corrected chi connectivity index (χ1v) is 12.3. The Hall–Kier alpha value is -2.97. The van der Waals surface area contributed by atoms with Gasteiger partial charge < -0.3 is 4.57 Å². The summed E-state index contributed by atoms with van der Waals surface area (Å²) in [7, 11) is 2.01. The number of ketones is 1. The normalized spacial score (nSPS) is 21.0. The molecule has 5 rings (SSSR count). The molecule has 3 heterocycles. The molecule has 2 aromatic heterocycles. The van der Waals surface area contributed by atoms with E-state index in [1.165, 1.54) is 30.5 Å². The van der Waals surface area contributed by atoms with Gasteiger partial charge in [0.25, 0.3) is 0 Å². The van der Waals surface area contributed by atoms with Crippen molar-refractivity contribution in [3.8, 4) is 6.07 Å². The van der Waals surface area contributed by atoms with Crippen LogP contribution < -0.4 is 0 Å². The third-order valence-corrected chi connectivity index (χ3v) is 7.86. The molecule has 1 aliphatic heterocycles. The SMILES string of the molecule is Cn1c(C#N)cc2c1CCN(CCC1CCC(CC(=O)c3cccc4ncccc34)CC1)C2. The van der Waals surface area contributed by atoms with Gasteiger partial charge in [-0.2, -0.15) is 5.26 Å². The number of nitrogens with zero attached hydrogens (tertiary/aromatic N) is 4. The van der Waals surface area contributed by atoms with Crippen LogP contribution in [0.25, 0.3) is 10.9 Å². The Balaban J connectivity index is 1.10. The maximum Gasteiger partial charge on any atom is 0.163 e. The van der Waals surface area contributed by atoms with Gasteiger partial charge in [-0.15, -0.1) is 0 Å². The summed E-state index contributed by atoms with van der Waals surface area (Å²) >= 11 is 0. The molecule has 0 bridgehead atoms. The van der Waals surface area contributed by atoms with E-state index in [0.29, 0.717) is 12.3 Å². The summed E-state index contributed by atoms with van der Waals surface area (Å²) in [5.74, 6) is 1.54. The number of fused-ring (bicyclic) bond motifs is 2. The highest BCUT2D eigenvalue weighted by molar-refractivity contribution is 6.07. The van der Waals surface area contributed by atoms with Crippen LogP contribution in [0.3, 0.4) is 0 Å². The molecule has 5 nitrogen and oxygen atoms in total. The van der Waals surface area contributed by atoms with E-state index in [9.17, 15) is 10.1 Å². The van der Waals surface area contributed by atoms with Gasteiger partial charge in [0.2, 0.25) is 0 Å². The van der Waals surface area contributed by atoms with Crippen molar-refractivity contribution < 1.29 is 4.79 Å². The zero-order chi connectivity index (χ0) is 22.8. The zero-order valence-corrected chi connectivity index (χ0v) is 19.5. The second-order valence-corrected chi connectivity index (χ2v) is 9.88. The van der Waals surface area contributed by atoms with E-state index in [2.05, 4.69) is 26.6 Å². The third kappa shape index (κ3) is 4.58. The summed E-state index contributed by atoms with van der Waals surface area (Å²) in [4.78, 5) is 20.0. The number of benzene rings is 1. The first kappa shape index (κ1) is 21.9. The Morgan fingerprint density at radius 1 is 1.15 bits per heavy atom. The predicted octanol–water partition coefficient (Wildman–Crippen LogP) is 5.27. The molecule has 170 valence electrons. The molecule has 1 saturated carbocycles. The Morgan fingerprint density at radius 3 is 2.79 bits per heavy atom. The highest BCUT2D eigenvalue weighted by Gasteiger charge is 2.26. The van der Waals surface area contributed by atoms with Crippen LogP contribution >= 0.6 is 0 Å². The van der Waals surface area contributed by atoms with Crippen molar-refractivity contribution in [1.82, 2.24) is 14.5 Å². The zero-order valence-electron chi connectivity index (χ0n) is 19.5. The van der Waals surface area contributed by atoms with Crippen LogP contribution in [0.5, 0.6) is 0 Å². The van der Waals surface area contributed by atoms with E-state index < -0.39 is 0 Å². The molecule has 5 heteroatoms. The second-order valence-electron chi connectivity index (χ2n) is 9.88. The molecule has 0 N–H and O–H groups in total. The number of aromatic nitrogens is 2. The lowest BCUT2D eigenvalue weighted by atomic mass is 9.78. The van der Waals surface area contributed by atoms with Gasteiger partial charge in [0.05, 0.1) is 5.52 Å². The van der Waals surface area contributed by atoms with E-state index in [1.807, 2.05) is 37.4 Å². The lowest BCUT2D eigenvalue weighted by Crippen LogP contribution is -2.33. The molecule has 2 aliphatic rings. The lowest BCUT2D eigenvalue weighted by Gasteiger charge is -2.32. The number of rotatable bonds is 6. The molecule has 0 atom stereocenters. The predicted molar refractivity (Wildman–Crippen MR) is 130 cm³/mol. The van der Waals surface area contributed by atoms with E-state index >= 15 is 0 Å². The second kappa shape index (κ2) is 9.49. The van der Waals surface area contributed by atoms with Crippen molar-refractivity contribution in [2.75, 3.05) is 13.1 Å². The van der Waals surface area contributed by atoms with Crippen molar-refractivity contribution in [2.24, 2.45) is 18.9 Å². The summed E-state index contributed by atoms with van der Waals surface area (Å²) in [5.41, 5.74) is 5.15. The fraction of sp³-hybridized carbons (Fsp3) is 0.464. The van der Waals surface area contributed by atoms with Gasteiger partial charge in [-0.1, -0.05) is 31.0 Å². The summed E-state index contributed by atoms with van der Waals surface area (Å²) in [5, 5.41) is 10.3. The van der Waals surface area contributed by atoms with E-state index in [1.54, 1.807) is 6.20 Å². The standard InChI is InChI=1S/C28H32N4O/c1-31-23(18-29)17-22-19-32(15-12-27(22)31)14-11-20-7-9-21(10-8-20)16-28(33)25-4-2-6-26-24(25)5-3-13-30-26/h2-6,13,17,20-21H,7-12,14-16,19H2,1H3. The Morgan fingerprint density at radius 2 is 1.97 bits per heavy atom. The van der Waals surface area contributed by atoms with Crippen LogP contribution in [0.15, 0.2) is 42.6 Å². The Kier molecular flexibility index (Phi) is 6.28. The van der Waals surface area contributed by atoms with Gasteiger partial charge in [0, 0.05) is 55.8 Å². The van der Waals surface area contributed by atoms with Crippen molar-refractivity contribution in [2.45, 2.75) is 51.5 Å². The largest absolute Gasteiger partial charge is 0.339 e. The average Bonchev–Trinajstić information content (AvgIpc) is 3.18. The molecule has 0 unspecified atom stereocenters. The number of Topliss-reactive ketones (excluding diaryl/α,β-unsaturated/α-hetero) is 1. The van der Waals surface area contributed by atoms with Crippen molar-refractivity contribution >= 4 is 16.7 Å². The van der Waals surface area contributed by atoms with Gasteiger partial charge in [0.1, 0.15) is 11.8 Å². The fourth-order valence-electron chi connectivity index (χ4n) is 5.86. The van der Waals surface area contributed by atoms with Crippen molar-refractivity contribution in [3.63, 3.8) is 0 Å². The highest BCUT2D eigenvalue weighted by Crippen LogP contribution is 2.34. The van der Waals surface area contributed by atoms with Crippen LogP contribution in [0.4, 0.5) is 0 Å². The van der Waals surface area contributed by atoms with Crippen LogP contribution in [0.2, 0.25) is 0 Å². The lowest BCUT2D eigenvalue weighted by molar-refractivity contribution is 0.0941. The number of pyridine rings is 1. The molecule has 33 heavy (non-hydrogen) atoms. The number of hydrogen-bond acceptors (Lipinski definition) is 4. The van der Waals surface area contributed by atoms with Gasteiger partial charge in [-0.25, -0.2) is 0 Å². The van der Waals surface area contributed by atoms with E-state index in [0.717, 1.165) is 67.0 Å². The molecule has 1 aliphatic carbocycles. The molecule has 1 fully saturated rings. The number of carbonyl (C=O) groups is 1. The van der Waals surface area contributed by atoms with Crippen molar-refractivity contribution in [1.29, 1.82) is 5.26 Å². The van der Waals surface area contributed by atoms with Crippen LogP contribution in [0.1, 0.15) is 65.8 Å². The molecule has 0 spiro atoms. The molecule has 3 aromatic rings. The molecular formula is C28H32N4O. The summed E-state index contributed by atoms with van der Waals surface area (Å²) in [6.07, 6.45) is 9.50. The number of nitriles is 1. The topological polar surface area (TPSA) is 61.9 Å². The minimum Gasteiger partial charge on any atom is -0.339 e. The third-order valence-electron chi connectivity index (χ3n) is 7.86. The minimum atomic E-state index is 0.265. The van der Waals surface area contributed by atoms with Gasteiger partial charge in [-0.3, -0.25) is 14.7 Å². The summed E-state index contributed by atoms with van der Waals surface area (Å²) in [6.45, 7) is 3.18. The smallest absolute Gasteiger partial charge is 0.163 e. The van der Waals surface area contributed by atoms with Crippen LogP contribution in [0, 0.1) is 23.2 Å². The monoisotopic (exact) mass is 440 g/mol. The molecule has 0 saturated heterocycles. The maximum absolute atomic E-state index is 13.0. The Bertz CT molecular complexity index is 1190. The molecule has 1 aromatic carbocycles. The number of carbonyl (C=O) groups excluding carboxylic acids is 1. The fourth-order valence-corrected chi connectivity index (χ4v) is 5.86. The van der Waals surface area contributed by atoms with Gasteiger partial charge >= 0.3 is 0 Å². The van der Waals surface area contributed by atoms with Gasteiger partial charge in [-0.05, 0) is 61.4 Å². The average molecular weight is 441 g/mol. The van der Waals surface area contributed by atoms with E-state index in [-0.39, 0.29) is 5.78 Å². The van der Waals surface area contributed by atoms with Gasteiger partial charge in [0.15, 0.2) is 5.78 Å². The molecule has 0 radical (unpaired) electrons. The Labute approximate surface area is 196 Å². The van der Waals surface area contributed by atoms with E-state index in [4.69, 9.17) is 0 Å². The minimum absolute atomic E-state index is 0.265. The van der Waals surface area contributed by atoms with Crippen molar-refractivity contribution in [3.05, 3.63) is 65.1 Å². The van der Waals surface area contributed by atoms with Crippen LogP contribution in [-0.2, 0) is 20.0 Å². The first-order valence-electron chi connectivity index (χ1n) is 12.3. The number of hydrogen-bond donors (Lipinski definition) is 0. The molecule has 0 amide bonds. The van der Waals surface area contributed by atoms with Crippen LogP contribution in [-0.4, -0.2) is 33.3 Å². The maximum atomic E-state index is 13.0. The molecular weight excluding hydrogens is 408 g/mol.